The second-order valence-electron chi connectivity index (χ2n) is 8.51. The predicted molar refractivity (Wildman–Crippen MR) is 92.0 cm³/mol. The zero-order valence-electron chi connectivity index (χ0n) is 14.8. The molecule has 2 N–H and O–H groups in total. The number of carboxylic acid groups (broad SMARTS) is 1. The first-order valence-electron chi connectivity index (χ1n) is 9.53. The van der Waals surface area contributed by atoms with Crippen LogP contribution in [0.4, 0.5) is 0 Å². The van der Waals surface area contributed by atoms with E-state index in [1.54, 1.807) is 12.3 Å². The third-order valence-electron chi connectivity index (χ3n) is 6.71. The Labute approximate surface area is 148 Å². The largest absolute Gasteiger partial charge is 0.480 e. The van der Waals surface area contributed by atoms with Crippen LogP contribution in [-0.4, -0.2) is 32.8 Å². The number of carbonyl (C=O) groups is 2. The van der Waals surface area contributed by atoms with E-state index < -0.39 is 5.97 Å². The molecule has 4 aliphatic carbocycles. The average molecular weight is 345 g/mol. The summed E-state index contributed by atoms with van der Waals surface area (Å²) in [5, 5.41) is 16.2. The van der Waals surface area contributed by atoms with Gasteiger partial charge in [0.05, 0.1) is 0 Å². The summed E-state index contributed by atoms with van der Waals surface area (Å²) >= 11 is 0. The number of aromatic nitrogens is 2. The van der Waals surface area contributed by atoms with E-state index >= 15 is 0 Å². The highest BCUT2D eigenvalue weighted by molar-refractivity contribution is 5.92. The van der Waals surface area contributed by atoms with Crippen molar-refractivity contribution in [2.24, 2.45) is 23.2 Å². The second kappa shape index (κ2) is 6.15. The van der Waals surface area contributed by atoms with Gasteiger partial charge in [-0.1, -0.05) is 6.92 Å². The summed E-state index contributed by atoms with van der Waals surface area (Å²) in [7, 11) is 0. The lowest BCUT2D eigenvalue weighted by molar-refractivity contribution is -0.137. The van der Waals surface area contributed by atoms with Gasteiger partial charge < -0.3 is 10.4 Å². The SMILES string of the molecule is CCC(NC(=O)c1ccn(CC(=O)O)n1)C12CC3CC(CC(C3)C1)C2. The Kier molecular flexibility index (Phi) is 4.08. The van der Waals surface area contributed by atoms with Crippen molar-refractivity contribution in [3.63, 3.8) is 0 Å². The highest BCUT2D eigenvalue weighted by atomic mass is 16.4. The number of rotatable bonds is 6. The predicted octanol–water partition coefficient (Wildman–Crippen LogP) is 2.69. The van der Waals surface area contributed by atoms with Crippen LogP contribution in [0.2, 0.25) is 0 Å². The fraction of sp³-hybridized carbons (Fsp3) is 0.737. The van der Waals surface area contributed by atoms with Crippen LogP contribution in [0.5, 0.6) is 0 Å². The van der Waals surface area contributed by atoms with Gasteiger partial charge in [-0.05, 0) is 74.2 Å². The molecule has 1 aromatic rings. The van der Waals surface area contributed by atoms with E-state index in [-0.39, 0.29) is 23.9 Å². The van der Waals surface area contributed by atoms with Gasteiger partial charge in [-0.2, -0.15) is 5.10 Å². The molecule has 25 heavy (non-hydrogen) atoms. The molecule has 4 fully saturated rings. The Hall–Kier alpha value is -1.85. The Morgan fingerprint density at radius 3 is 2.40 bits per heavy atom. The molecule has 0 aromatic carbocycles. The number of amides is 1. The van der Waals surface area contributed by atoms with Crippen molar-refractivity contribution in [2.45, 2.75) is 64.5 Å². The van der Waals surface area contributed by atoms with Gasteiger partial charge in [0.25, 0.3) is 5.91 Å². The van der Waals surface area contributed by atoms with Crippen LogP contribution in [0.15, 0.2) is 12.3 Å². The molecule has 0 spiro atoms. The maximum atomic E-state index is 12.7. The fourth-order valence-electron chi connectivity index (χ4n) is 6.23. The number of carboxylic acids is 1. The van der Waals surface area contributed by atoms with Crippen molar-refractivity contribution in [1.82, 2.24) is 15.1 Å². The van der Waals surface area contributed by atoms with Crippen LogP contribution < -0.4 is 5.32 Å². The lowest BCUT2D eigenvalue weighted by Crippen LogP contribution is -2.56. The third-order valence-corrected chi connectivity index (χ3v) is 6.71. The molecule has 1 amide bonds. The monoisotopic (exact) mass is 345 g/mol. The maximum absolute atomic E-state index is 12.7. The van der Waals surface area contributed by atoms with Gasteiger partial charge in [-0.25, -0.2) is 0 Å². The van der Waals surface area contributed by atoms with Crippen LogP contribution in [0.3, 0.4) is 0 Å². The van der Waals surface area contributed by atoms with E-state index in [2.05, 4.69) is 17.3 Å². The van der Waals surface area contributed by atoms with E-state index in [1.165, 1.54) is 43.2 Å². The topological polar surface area (TPSA) is 84.2 Å². The van der Waals surface area contributed by atoms with Crippen LogP contribution in [-0.2, 0) is 11.3 Å². The van der Waals surface area contributed by atoms with Crippen molar-refractivity contribution >= 4 is 11.9 Å². The minimum Gasteiger partial charge on any atom is -0.480 e. The number of nitrogens with zero attached hydrogens (tertiary/aromatic N) is 2. The molecule has 1 heterocycles. The molecule has 1 aromatic heterocycles. The zero-order chi connectivity index (χ0) is 17.6. The number of hydrogen-bond donors (Lipinski definition) is 2. The lowest BCUT2D eigenvalue weighted by atomic mass is 9.47. The van der Waals surface area contributed by atoms with Crippen molar-refractivity contribution in [1.29, 1.82) is 0 Å². The van der Waals surface area contributed by atoms with Gasteiger partial charge in [0.1, 0.15) is 12.2 Å². The van der Waals surface area contributed by atoms with Crippen molar-refractivity contribution in [3.8, 4) is 0 Å². The van der Waals surface area contributed by atoms with Crippen LogP contribution >= 0.6 is 0 Å². The molecular formula is C19H27N3O3. The normalized spacial score (nSPS) is 34.0. The minimum atomic E-state index is -0.963. The molecule has 1 unspecified atom stereocenters. The summed E-state index contributed by atoms with van der Waals surface area (Å²) in [6.45, 7) is 1.94. The molecular weight excluding hydrogens is 318 g/mol. The first kappa shape index (κ1) is 16.6. The first-order chi connectivity index (χ1) is 12.0. The van der Waals surface area contributed by atoms with E-state index in [0.717, 1.165) is 24.2 Å². The summed E-state index contributed by atoms with van der Waals surface area (Å²) in [4.78, 5) is 23.4. The quantitative estimate of drug-likeness (QED) is 0.830. The molecule has 1 atom stereocenters. The highest BCUT2D eigenvalue weighted by Gasteiger charge is 2.54. The fourth-order valence-corrected chi connectivity index (χ4v) is 6.23. The van der Waals surface area contributed by atoms with Gasteiger partial charge in [0.2, 0.25) is 0 Å². The Balaban J connectivity index is 1.47. The second-order valence-corrected chi connectivity index (χ2v) is 8.51. The molecule has 4 bridgehead atoms. The first-order valence-corrected chi connectivity index (χ1v) is 9.53. The Morgan fingerprint density at radius 1 is 1.28 bits per heavy atom. The van der Waals surface area contributed by atoms with Crippen molar-refractivity contribution < 1.29 is 14.7 Å². The molecule has 0 saturated heterocycles. The van der Waals surface area contributed by atoms with Crippen molar-refractivity contribution in [2.75, 3.05) is 0 Å². The summed E-state index contributed by atoms with van der Waals surface area (Å²) in [6.07, 6.45) is 10.4. The summed E-state index contributed by atoms with van der Waals surface area (Å²) in [5.74, 6) is 1.42. The number of hydrogen-bond acceptors (Lipinski definition) is 3. The zero-order valence-corrected chi connectivity index (χ0v) is 14.8. The average Bonchev–Trinajstić information content (AvgIpc) is 2.98. The number of aliphatic carboxylic acids is 1. The van der Waals surface area contributed by atoms with Crippen LogP contribution in [0.1, 0.15) is 62.4 Å². The Morgan fingerprint density at radius 2 is 1.88 bits per heavy atom. The molecule has 0 radical (unpaired) electrons. The van der Waals surface area contributed by atoms with Gasteiger partial charge in [-0.15, -0.1) is 0 Å². The number of nitrogens with one attached hydrogen (secondary N) is 1. The lowest BCUT2D eigenvalue weighted by Gasteiger charge is -2.59. The molecule has 4 saturated carbocycles. The van der Waals surface area contributed by atoms with Crippen LogP contribution in [0, 0.1) is 23.2 Å². The third kappa shape index (κ3) is 3.07. The highest BCUT2D eigenvalue weighted by Crippen LogP contribution is 2.61. The maximum Gasteiger partial charge on any atom is 0.325 e. The van der Waals surface area contributed by atoms with E-state index in [4.69, 9.17) is 5.11 Å². The van der Waals surface area contributed by atoms with Gasteiger partial charge in [-0.3, -0.25) is 14.3 Å². The molecule has 136 valence electrons. The number of carbonyl (C=O) groups excluding carboxylic acids is 1. The minimum absolute atomic E-state index is 0.174. The van der Waals surface area contributed by atoms with E-state index in [9.17, 15) is 9.59 Å². The van der Waals surface area contributed by atoms with Crippen LogP contribution in [0.25, 0.3) is 0 Å². The molecule has 6 nitrogen and oxygen atoms in total. The molecule has 4 aliphatic rings. The van der Waals surface area contributed by atoms with Gasteiger partial charge in [0.15, 0.2) is 0 Å². The standard InChI is InChI=1S/C19H27N3O3/c1-2-16(19-8-12-5-13(9-19)7-14(6-12)10-19)20-18(25)15-3-4-22(21-15)11-17(23)24/h3-4,12-14,16H,2,5-11H2,1H3,(H,20,25)(H,23,24). The summed E-state index contributed by atoms with van der Waals surface area (Å²) in [5.41, 5.74) is 0.576. The van der Waals surface area contributed by atoms with Gasteiger partial charge in [0, 0.05) is 12.2 Å². The Bertz CT molecular complexity index is 646. The van der Waals surface area contributed by atoms with Gasteiger partial charge >= 0.3 is 5.97 Å². The van der Waals surface area contributed by atoms with E-state index in [0.29, 0.717) is 5.69 Å². The van der Waals surface area contributed by atoms with Crippen molar-refractivity contribution in [3.05, 3.63) is 18.0 Å². The summed E-state index contributed by atoms with van der Waals surface area (Å²) < 4.78 is 1.29. The van der Waals surface area contributed by atoms with E-state index in [1.807, 2.05) is 0 Å². The molecule has 5 rings (SSSR count). The summed E-state index contributed by atoms with van der Waals surface area (Å²) in [6, 6.07) is 1.79. The smallest absolute Gasteiger partial charge is 0.325 e. The molecule has 0 aliphatic heterocycles. The molecule has 6 heteroatoms.